The van der Waals surface area contributed by atoms with Crippen LogP contribution in [0.25, 0.3) is 0 Å². The third-order valence-electron chi connectivity index (χ3n) is 4.29. The standard InChI is InChI=1S/C16H12FN3O2/c17-11-7-12(9-18-8-11)20-14(21)16(19-15(20)22)6-5-10-3-1-2-4-13(10)16/h1-4,7-9H,5-6H2,(H,19,22)/t16-/m0/s1. The lowest BCUT2D eigenvalue weighted by atomic mass is 9.92. The van der Waals surface area contributed by atoms with Crippen molar-refractivity contribution in [3.05, 3.63) is 59.7 Å². The molecule has 110 valence electrons. The second-order valence-electron chi connectivity index (χ2n) is 5.49. The van der Waals surface area contributed by atoms with Crippen molar-refractivity contribution in [2.24, 2.45) is 0 Å². The molecule has 1 atom stereocenters. The van der Waals surface area contributed by atoms with Gasteiger partial charge in [0.15, 0.2) is 0 Å². The van der Waals surface area contributed by atoms with Crippen LogP contribution in [0.4, 0.5) is 14.9 Å². The number of rotatable bonds is 1. The Bertz CT molecular complexity index is 807. The number of pyridine rings is 1. The van der Waals surface area contributed by atoms with E-state index in [4.69, 9.17) is 0 Å². The van der Waals surface area contributed by atoms with Crippen LogP contribution in [0.2, 0.25) is 0 Å². The Morgan fingerprint density at radius 2 is 2.05 bits per heavy atom. The number of anilines is 1. The Morgan fingerprint density at radius 3 is 2.86 bits per heavy atom. The minimum atomic E-state index is -1.04. The van der Waals surface area contributed by atoms with Crippen LogP contribution in [-0.2, 0) is 16.8 Å². The topological polar surface area (TPSA) is 62.3 Å². The summed E-state index contributed by atoms with van der Waals surface area (Å²) in [5, 5.41) is 2.79. The Morgan fingerprint density at radius 1 is 1.23 bits per heavy atom. The smallest absolute Gasteiger partial charge is 0.319 e. The molecule has 4 rings (SSSR count). The SMILES string of the molecule is O=C1N[C@]2(CCc3ccccc32)C(=O)N1c1cncc(F)c1. The van der Waals surface area contributed by atoms with Gasteiger partial charge in [-0.3, -0.25) is 9.78 Å². The molecule has 3 amide bonds. The molecule has 0 saturated carbocycles. The zero-order chi connectivity index (χ0) is 15.3. The van der Waals surface area contributed by atoms with Gasteiger partial charge in [0.25, 0.3) is 5.91 Å². The van der Waals surface area contributed by atoms with Crippen molar-refractivity contribution in [2.75, 3.05) is 4.90 Å². The quantitative estimate of drug-likeness (QED) is 0.820. The average molecular weight is 297 g/mol. The third-order valence-corrected chi connectivity index (χ3v) is 4.29. The summed E-state index contributed by atoms with van der Waals surface area (Å²) in [4.78, 5) is 29.9. The summed E-state index contributed by atoms with van der Waals surface area (Å²) in [6.45, 7) is 0. The molecule has 1 aromatic carbocycles. The molecule has 0 radical (unpaired) electrons. The number of nitrogens with zero attached hydrogens (tertiary/aromatic N) is 2. The number of hydrogen-bond donors (Lipinski definition) is 1. The summed E-state index contributed by atoms with van der Waals surface area (Å²) in [6.07, 6.45) is 3.57. The van der Waals surface area contributed by atoms with E-state index in [2.05, 4.69) is 10.3 Å². The van der Waals surface area contributed by atoms with Gasteiger partial charge in [0.1, 0.15) is 11.4 Å². The minimum Gasteiger partial charge on any atom is -0.319 e. The van der Waals surface area contributed by atoms with Crippen LogP contribution < -0.4 is 10.2 Å². The molecular weight excluding hydrogens is 285 g/mol. The normalized spacial score (nSPS) is 23.0. The van der Waals surface area contributed by atoms with Crippen molar-refractivity contribution in [3.63, 3.8) is 0 Å². The molecule has 0 unspecified atom stereocenters. The van der Waals surface area contributed by atoms with E-state index in [0.29, 0.717) is 6.42 Å². The van der Waals surface area contributed by atoms with E-state index >= 15 is 0 Å². The van der Waals surface area contributed by atoms with Crippen LogP contribution in [0.5, 0.6) is 0 Å². The van der Waals surface area contributed by atoms with Gasteiger partial charge in [0, 0.05) is 6.07 Å². The largest absolute Gasteiger partial charge is 0.330 e. The number of aryl methyl sites for hydroxylation is 1. The maximum Gasteiger partial charge on any atom is 0.330 e. The van der Waals surface area contributed by atoms with E-state index in [0.717, 1.165) is 34.7 Å². The molecule has 2 heterocycles. The Labute approximate surface area is 125 Å². The number of nitrogens with one attached hydrogen (secondary N) is 1. The lowest BCUT2D eigenvalue weighted by Gasteiger charge is -2.22. The Balaban J connectivity index is 1.81. The number of benzene rings is 1. The molecule has 0 bridgehead atoms. The monoisotopic (exact) mass is 297 g/mol. The van der Waals surface area contributed by atoms with Gasteiger partial charge in [-0.25, -0.2) is 14.1 Å². The van der Waals surface area contributed by atoms with Crippen LogP contribution in [0.15, 0.2) is 42.7 Å². The van der Waals surface area contributed by atoms with Crippen molar-refractivity contribution in [2.45, 2.75) is 18.4 Å². The van der Waals surface area contributed by atoms with E-state index in [9.17, 15) is 14.0 Å². The molecule has 1 aromatic heterocycles. The lowest BCUT2D eigenvalue weighted by Crippen LogP contribution is -2.42. The van der Waals surface area contributed by atoms with Gasteiger partial charge in [0.05, 0.1) is 18.1 Å². The number of carbonyl (C=O) groups is 2. The van der Waals surface area contributed by atoms with Gasteiger partial charge < -0.3 is 5.32 Å². The fraction of sp³-hybridized carbons (Fsp3) is 0.188. The van der Waals surface area contributed by atoms with Crippen LogP contribution in [0.1, 0.15) is 17.5 Å². The predicted molar refractivity (Wildman–Crippen MR) is 76.7 cm³/mol. The van der Waals surface area contributed by atoms with Gasteiger partial charge in [-0.1, -0.05) is 24.3 Å². The first-order chi connectivity index (χ1) is 10.6. The number of hydrogen-bond acceptors (Lipinski definition) is 3. The molecule has 22 heavy (non-hydrogen) atoms. The first-order valence-electron chi connectivity index (χ1n) is 6.97. The molecule has 5 nitrogen and oxygen atoms in total. The summed E-state index contributed by atoms with van der Waals surface area (Å²) >= 11 is 0. The molecule has 1 fully saturated rings. The van der Waals surface area contributed by atoms with Crippen molar-refractivity contribution in [1.82, 2.24) is 10.3 Å². The highest BCUT2D eigenvalue weighted by Gasteiger charge is 2.55. The molecule has 2 aliphatic rings. The van der Waals surface area contributed by atoms with Gasteiger partial charge >= 0.3 is 6.03 Å². The zero-order valence-electron chi connectivity index (χ0n) is 11.5. The first kappa shape index (κ1) is 12.9. The van der Waals surface area contributed by atoms with Crippen molar-refractivity contribution in [3.8, 4) is 0 Å². The molecule has 1 aliphatic carbocycles. The van der Waals surface area contributed by atoms with Crippen molar-refractivity contribution in [1.29, 1.82) is 0 Å². The molecule has 1 spiro atoms. The van der Waals surface area contributed by atoms with Gasteiger partial charge in [-0.15, -0.1) is 0 Å². The number of fused-ring (bicyclic) bond motifs is 2. The highest BCUT2D eigenvalue weighted by atomic mass is 19.1. The molecule has 2 aromatic rings. The predicted octanol–water partition coefficient (Wildman–Crippen LogP) is 2.12. The first-order valence-corrected chi connectivity index (χ1v) is 6.97. The molecule has 1 N–H and O–H groups in total. The zero-order valence-corrected chi connectivity index (χ0v) is 11.5. The van der Waals surface area contributed by atoms with E-state index in [-0.39, 0.29) is 11.6 Å². The second kappa shape index (κ2) is 4.37. The minimum absolute atomic E-state index is 0.142. The maximum absolute atomic E-state index is 13.4. The maximum atomic E-state index is 13.4. The Hall–Kier alpha value is -2.76. The number of imide groups is 1. The number of halogens is 1. The second-order valence-corrected chi connectivity index (χ2v) is 5.49. The highest BCUT2D eigenvalue weighted by Crippen LogP contribution is 2.42. The molecular formula is C16H12FN3O2. The average Bonchev–Trinajstić information content (AvgIpc) is 2.99. The fourth-order valence-electron chi connectivity index (χ4n) is 3.30. The third kappa shape index (κ3) is 1.60. The van der Waals surface area contributed by atoms with Gasteiger partial charge in [-0.2, -0.15) is 0 Å². The van der Waals surface area contributed by atoms with Crippen LogP contribution in [0.3, 0.4) is 0 Å². The number of aromatic nitrogens is 1. The number of urea groups is 1. The summed E-state index contributed by atoms with van der Waals surface area (Å²) in [7, 11) is 0. The van der Waals surface area contributed by atoms with Crippen molar-refractivity contribution >= 4 is 17.6 Å². The van der Waals surface area contributed by atoms with E-state index < -0.39 is 17.4 Å². The van der Waals surface area contributed by atoms with Crippen LogP contribution in [0, 0.1) is 5.82 Å². The van der Waals surface area contributed by atoms with E-state index in [1.54, 1.807) is 0 Å². The van der Waals surface area contributed by atoms with Crippen LogP contribution >= 0.6 is 0 Å². The fourth-order valence-corrected chi connectivity index (χ4v) is 3.30. The van der Waals surface area contributed by atoms with Crippen LogP contribution in [-0.4, -0.2) is 16.9 Å². The summed E-state index contributed by atoms with van der Waals surface area (Å²) in [5.41, 5.74) is 0.972. The van der Waals surface area contributed by atoms with Crippen molar-refractivity contribution < 1.29 is 14.0 Å². The van der Waals surface area contributed by atoms with Gasteiger partial charge in [0.2, 0.25) is 0 Å². The number of amides is 3. The summed E-state index contributed by atoms with van der Waals surface area (Å²) < 4.78 is 13.4. The number of carbonyl (C=O) groups excluding carboxylic acids is 2. The Kier molecular flexibility index (Phi) is 2.57. The van der Waals surface area contributed by atoms with E-state index in [1.807, 2.05) is 24.3 Å². The summed E-state index contributed by atoms with van der Waals surface area (Å²) in [5.74, 6) is -0.972. The molecule has 1 aliphatic heterocycles. The molecule has 6 heteroatoms. The summed E-state index contributed by atoms with van der Waals surface area (Å²) in [6, 6.07) is 8.15. The van der Waals surface area contributed by atoms with Gasteiger partial charge in [-0.05, 0) is 24.0 Å². The van der Waals surface area contributed by atoms with E-state index in [1.165, 1.54) is 6.20 Å². The highest BCUT2D eigenvalue weighted by molar-refractivity contribution is 6.23. The lowest BCUT2D eigenvalue weighted by molar-refractivity contribution is -0.122. The molecule has 1 saturated heterocycles.